The Kier molecular flexibility index (Phi) is 4.50. The second-order valence-electron chi connectivity index (χ2n) is 8.17. The Bertz CT molecular complexity index is 882. The maximum Gasteiger partial charge on any atom is 0.162 e. The van der Waals surface area contributed by atoms with E-state index >= 15 is 0 Å². The third-order valence-corrected chi connectivity index (χ3v) is 6.13. The molecule has 0 amide bonds. The maximum absolute atomic E-state index is 13.2. The second-order valence-corrected chi connectivity index (χ2v) is 9.63. The van der Waals surface area contributed by atoms with Gasteiger partial charge >= 0.3 is 0 Å². The number of allylic oxidation sites excluding steroid dienone is 3. The van der Waals surface area contributed by atoms with E-state index in [1.54, 1.807) is 11.3 Å². The predicted molar refractivity (Wildman–Crippen MR) is 104 cm³/mol. The molecule has 0 radical (unpaired) electrons. The maximum atomic E-state index is 13.2. The molecule has 2 aliphatic rings. The summed E-state index contributed by atoms with van der Waals surface area (Å²) in [4.78, 5) is 15.5. The first kappa shape index (κ1) is 18.7. The number of nitrogens with two attached hydrogens (primary N) is 1. The number of carbonyl (C=O) groups excluding carboxylic acids is 1. The van der Waals surface area contributed by atoms with Crippen LogP contribution in [0.3, 0.4) is 0 Å². The monoisotopic (exact) mass is 370 g/mol. The van der Waals surface area contributed by atoms with Gasteiger partial charge in [-0.25, -0.2) is 5.01 Å². The van der Waals surface area contributed by atoms with Crippen LogP contribution in [0.1, 0.15) is 47.9 Å². The van der Waals surface area contributed by atoms with E-state index in [0.717, 1.165) is 28.1 Å². The Morgan fingerprint density at radius 3 is 2.50 bits per heavy atom. The van der Waals surface area contributed by atoms with Crippen molar-refractivity contribution in [2.24, 2.45) is 11.1 Å². The van der Waals surface area contributed by atoms with E-state index < -0.39 is 0 Å². The van der Waals surface area contributed by atoms with Gasteiger partial charge in [0.25, 0.3) is 0 Å². The first-order valence-electron chi connectivity index (χ1n) is 8.77. The van der Waals surface area contributed by atoms with Crippen molar-refractivity contribution < 1.29 is 4.79 Å². The summed E-state index contributed by atoms with van der Waals surface area (Å²) >= 11 is 1.69. The van der Waals surface area contributed by atoms with E-state index in [9.17, 15) is 10.1 Å². The van der Waals surface area contributed by atoms with E-state index in [-0.39, 0.29) is 17.1 Å². The van der Waals surface area contributed by atoms with Gasteiger partial charge in [-0.15, -0.1) is 11.3 Å². The molecule has 0 spiro atoms. The minimum absolute atomic E-state index is 0.122. The molecule has 0 unspecified atom stereocenters. The smallest absolute Gasteiger partial charge is 0.162 e. The van der Waals surface area contributed by atoms with Crippen molar-refractivity contribution >= 4 is 17.1 Å². The Morgan fingerprint density at radius 1 is 1.35 bits per heavy atom. The normalized spacial score (nSPS) is 22.8. The molecule has 0 fully saturated rings. The molecule has 1 aliphatic heterocycles. The van der Waals surface area contributed by atoms with Crippen LogP contribution in [0.15, 0.2) is 28.7 Å². The SMILES string of the molecule is Cc1cc([C@H]2C(C#N)=C(N)N(N(C)C)C3=C2C(=O)CC(C)(C)C3)c(C)s1. The standard InChI is InChI=1S/C20H26N4OS/c1-11-7-13(12(2)26-11)17-14(10-21)19(22)24(23(5)6)15-8-20(3,4)9-16(25)18(15)17/h7,17H,8-9,22H2,1-6H3/t17-/m0/s1. The minimum Gasteiger partial charge on any atom is -0.383 e. The number of aryl methyl sites for hydroxylation is 2. The molecular formula is C20H26N4OS. The lowest BCUT2D eigenvalue weighted by Gasteiger charge is -2.45. The molecule has 138 valence electrons. The van der Waals surface area contributed by atoms with Gasteiger partial charge in [-0.3, -0.25) is 9.80 Å². The fourth-order valence-electron chi connectivity index (χ4n) is 4.20. The van der Waals surface area contributed by atoms with Crippen molar-refractivity contribution in [3.05, 3.63) is 44.0 Å². The van der Waals surface area contributed by atoms with Gasteiger partial charge in [0.05, 0.1) is 17.6 Å². The van der Waals surface area contributed by atoms with E-state index in [2.05, 4.69) is 32.9 Å². The van der Waals surface area contributed by atoms with Crippen LogP contribution in [-0.2, 0) is 4.79 Å². The van der Waals surface area contributed by atoms with Crippen molar-refractivity contribution in [1.29, 1.82) is 5.26 Å². The summed E-state index contributed by atoms with van der Waals surface area (Å²) in [5.41, 5.74) is 9.50. The van der Waals surface area contributed by atoms with Gasteiger partial charge < -0.3 is 5.73 Å². The number of thiophene rings is 1. The summed E-state index contributed by atoms with van der Waals surface area (Å²) in [6.07, 6.45) is 1.24. The molecule has 0 bridgehead atoms. The molecule has 1 aromatic rings. The molecular weight excluding hydrogens is 344 g/mol. The zero-order valence-electron chi connectivity index (χ0n) is 16.3. The summed E-state index contributed by atoms with van der Waals surface area (Å²) in [6.45, 7) is 8.32. The molecule has 26 heavy (non-hydrogen) atoms. The van der Waals surface area contributed by atoms with Crippen LogP contribution in [0, 0.1) is 30.6 Å². The highest BCUT2D eigenvalue weighted by Gasteiger charge is 2.45. The lowest BCUT2D eigenvalue weighted by atomic mass is 9.69. The lowest BCUT2D eigenvalue weighted by Crippen LogP contribution is -2.47. The van der Waals surface area contributed by atoms with E-state index in [4.69, 9.17) is 5.73 Å². The molecule has 2 heterocycles. The summed E-state index contributed by atoms with van der Waals surface area (Å²) in [5.74, 6) is 0.186. The number of hydrogen-bond donors (Lipinski definition) is 1. The number of ketones is 1. The highest BCUT2D eigenvalue weighted by molar-refractivity contribution is 7.12. The highest BCUT2D eigenvalue weighted by atomic mass is 32.1. The fraction of sp³-hybridized carbons (Fsp3) is 0.500. The first-order chi connectivity index (χ1) is 12.1. The molecule has 0 saturated heterocycles. The second kappa shape index (κ2) is 6.26. The molecule has 6 heteroatoms. The van der Waals surface area contributed by atoms with Crippen molar-refractivity contribution in [3.8, 4) is 6.07 Å². The van der Waals surface area contributed by atoms with Crippen LogP contribution in [0.4, 0.5) is 0 Å². The Hall–Kier alpha value is -2.10. The van der Waals surface area contributed by atoms with Crippen molar-refractivity contribution in [3.63, 3.8) is 0 Å². The summed E-state index contributed by atoms with van der Waals surface area (Å²) in [6, 6.07) is 4.40. The number of nitriles is 1. The van der Waals surface area contributed by atoms with Crippen LogP contribution in [0.2, 0.25) is 0 Å². The van der Waals surface area contributed by atoms with Crippen LogP contribution in [0.25, 0.3) is 0 Å². The fourth-order valence-corrected chi connectivity index (χ4v) is 5.16. The van der Waals surface area contributed by atoms with Gasteiger partial charge in [0, 0.05) is 41.5 Å². The Labute approximate surface area is 159 Å². The molecule has 0 aromatic carbocycles. The lowest BCUT2D eigenvalue weighted by molar-refractivity contribution is -0.119. The third kappa shape index (κ3) is 2.85. The summed E-state index contributed by atoms with van der Waals surface area (Å²) in [5, 5.41) is 13.6. The average Bonchev–Trinajstić information content (AvgIpc) is 2.82. The van der Waals surface area contributed by atoms with Crippen LogP contribution in [0.5, 0.6) is 0 Å². The zero-order chi connectivity index (χ0) is 19.4. The van der Waals surface area contributed by atoms with Gasteiger partial charge in [0.1, 0.15) is 5.82 Å². The predicted octanol–water partition coefficient (Wildman–Crippen LogP) is 3.58. The van der Waals surface area contributed by atoms with Crippen LogP contribution >= 0.6 is 11.3 Å². The van der Waals surface area contributed by atoms with Gasteiger partial charge in [0.2, 0.25) is 0 Å². The average molecular weight is 371 g/mol. The largest absolute Gasteiger partial charge is 0.383 e. The van der Waals surface area contributed by atoms with Gasteiger partial charge in [-0.1, -0.05) is 13.8 Å². The van der Waals surface area contributed by atoms with E-state index in [0.29, 0.717) is 17.8 Å². The van der Waals surface area contributed by atoms with Crippen molar-refractivity contribution in [2.75, 3.05) is 14.1 Å². The molecule has 2 N–H and O–H groups in total. The Morgan fingerprint density at radius 2 is 2.00 bits per heavy atom. The molecule has 5 nitrogen and oxygen atoms in total. The zero-order valence-corrected chi connectivity index (χ0v) is 17.1. The summed E-state index contributed by atoms with van der Waals surface area (Å²) < 4.78 is 0. The molecule has 3 rings (SSSR count). The number of hydrogen-bond acceptors (Lipinski definition) is 6. The molecule has 1 aliphatic carbocycles. The van der Waals surface area contributed by atoms with Gasteiger partial charge in [-0.2, -0.15) is 5.26 Å². The number of carbonyl (C=O) groups is 1. The highest BCUT2D eigenvalue weighted by Crippen LogP contribution is 2.50. The number of Topliss-reactive ketones (excluding diaryl/α,β-unsaturated/α-hetero) is 1. The topological polar surface area (TPSA) is 73.4 Å². The molecule has 1 atom stereocenters. The number of rotatable bonds is 2. The van der Waals surface area contributed by atoms with Crippen LogP contribution < -0.4 is 5.73 Å². The minimum atomic E-state index is -0.361. The third-order valence-electron chi connectivity index (χ3n) is 5.14. The molecule has 0 saturated carbocycles. The van der Waals surface area contributed by atoms with Crippen LogP contribution in [-0.4, -0.2) is 29.9 Å². The van der Waals surface area contributed by atoms with E-state index in [1.165, 1.54) is 4.88 Å². The van der Waals surface area contributed by atoms with Gasteiger partial charge in [0.15, 0.2) is 5.78 Å². The summed E-state index contributed by atoms with van der Waals surface area (Å²) in [7, 11) is 3.78. The van der Waals surface area contributed by atoms with Crippen molar-refractivity contribution in [1.82, 2.24) is 10.0 Å². The Balaban J connectivity index is 2.31. The molecule has 1 aromatic heterocycles. The quantitative estimate of drug-likeness (QED) is 0.861. The van der Waals surface area contributed by atoms with Gasteiger partial charge in [-0.05, 0) is 37.3 Å². The number of hydrazine groups is 1. The van der Waals surface area contributed by atoms with Crippen molar-refractivity contribution in [2.45, 2.75) is 46.5 Å². The van der Waals surface area contributed by atoms with E-state index in [1.807, 2.05) is 31.0 Å². The number of nitrogens with zero attached hydrogens (tertiary/aromatic N) is 3. The first-order valence-corrected chi connectivity index (χ1v) is 9.59.